The van der Waals surface area contributed by atoms with Crippen molar-refractivity contribution in [3.05, 3.63) is 86.7 Å². The Labute approximate surface area is 225 Å². The number of benzene rings is 2. The summed E-state index contributed by atoms with van der Waals surface area (Å²) in [5.74, 6) is -2.37. The summed E-state index contributed by atoms with van der Waals surface area (Å²) in [6, 6.07) is 12.1. The van der Waals surface area contributed by atoms with Crippen LogP contribution in [0.25, 0.3) is 5.69 Å². The number of imide groups is 1. The molecule has 0 bridgehead atoms. The van der Waals surface area contributed by atoms with E-state index in [-0.39, 0.29) is 24.3 Å². The second-order valence-corrected chi connectivity index (χ2v) is 10.9. The topological polar surface area (TPSA) is 116 Å². The molecule has 0 unspecified atom stereocenters. The average molecular weight is 557 g/mol. The first kappa shape index (κ1) is 24.6. The standard InChI is InChI=1S/C26H22Cl2N4O6/c1-29-21(34)25(27)13-18-16(20(26(25,28)22(29)35)17-9-8-15(38-2)12-19(17)33)10-11-30-23(36)31(24(37)32(18)30)14-6-4-3-5-7-14/h3-10,12,18,20,33H,11,13H2,1-2H3/t18-,20-,25-,26+/m1/s1. The number of amides is 2. The molecule has 2 amide bonds. The van der Waals surface area contributed by atoms with Crippen molar-refractivity contribution >= 4 is 35.0 Å². The van der Waals surface area contributed by atoms with Gasteiger partial charge in [-0.15, -0.1) is 23.2 Å². The number of likely N-dealkylation sites (tertiary alicyclic amines) is 1. The molecule has 4 atom stereocenters. The van der Waals surface area contributed by atoms with E-state index in [1.165, 1.54) is 29.6 Å². The Morgan fingerprint density at radius 1 is 1.00 bits per heavy atom. The average Bonchev–Trinajstić information content (AvgIpc) is 3.24. The van der Waals surface area contributed by atoms with E-state index in [1.807, 2.05) is 0 Å². The van der Waals surface area contributed by atoms with E-state index < -0.39 is 44.9 Å². The molecule has 1 N–H and O–H groups in total. The predicted molar refractivity (Wildman–Crippen MR) is 138 cm³/mol. The fraction of sp³-hybridized carbons (Fsp3) is 0.308. The number of carbonyl (C=O) groups is 2. The van der Waals surface area contributed by atoms with Crippen LogP contribution in [0.2, 0.25) is 0 Å². The summed E-state index contributed by atoms with van der Waals surface area (Å²) < 4.78 is 8.80. The lowest BCUT2D eigenvalue weighted by molar-refractivity contribution is -0.137. The molecule has 10 nitrogen and oxygen atoms in total. The minimum Gasteiger partial charge on any atom is -0.508 e. The second kappa shape index (κ2) is 8.12. The number of para-hydroxylation sites is 1. The number of phenolic OH excluding ortho intramolecular Hbond substituents is 1. The number of hydrogen-bond acceptors (Lipinski definition) is 6. The smallest absolute Gasteiger partial charge is 0.352 e. The Bertz CT molecular complexity index is 1670. The first-order valence-electron chi connectivity index (χ1n) is 11.8. The molecule has 3 aliphatic rings. The molecule has 1 saturated heterocycles. The van der Waals surface area contributed by atoms with E-state index in [4.69, 9.17) is 27.9 Å². The fourth-order valence-electron chi connectivity index (χ4n) is 6.04. The molecule has 12 heteroatoms. The lowest BCUT2D eigenvalue weighted by Crippen LogP contribution is -2.59. The number of aromatic hydroxyl groups is 1. The predicted octanol–water partition coefficient (Wildman–Crippen LogP) is 2.14. The summed E-state index contributed by atoms with van der Waals surface area (Å²) in [7, 11) is 2.74. The zero-order valence-electron chi connectivity index (χ0n) is 20.3. The number of nitrogens with zero attached hydrogens (tertiary/aromatic N) is 4. The molecule has 1 aliphatic carbocycles. The van der Waals surface area contributed by atoms with Crippen LogP contribution in [-0.2, 0) is 16.1 Å². The lowest BCUT2D eigenvalue weighted by Gasteiger charge is -2.49. The van der Waals surface area contributed by atoms with E-state index in [1.54, 1.807) is 48.5 Å². The van der Waals surface area contributed by atoms with Crippen molar-refractivity contribution in [2.45, 2.75) is 34.7 Å². The van der Waals surface area contributed by atoms with Crippen LogP contribution in [0.1, 0.15) is 23.9 Å². The maximum Gasteiger partial charge on any atom is 0.352 e. The first-order chi connectivity index (χ1) is 18.1. The number of halogens is 2. The largest absolute Gasteiger partial charge is 0.508 e. The fourth-order valence-corrected chi connectivity index (χ4v) is 7.04. The molecular weight excluding hydrogens is 535 g/mol. The number of fused-ring (bicyclic) bond motifs is 4. The van der Waals surface area contributed by atoms with Crippen LogP contribution in [0.3, 0.4) is 0 Å². The minimum atomic E-state index is -2.00. The van der Waals surface area contributed by atoms with Gasteiger partial charge in [-0.3, -0.25) is 14.5 Å². The van der Waals surface area contributed by atoms with E-state index >= 15 is 0 Å². The Morgan fingerprint density at radius 2 is 1.71 bits per heavy atom. The summed E-state index contributed by atoms with van der Waals surface area (Å²) in [4.78, 5) is 51.0. The molecule has 2 aromatic carbocycles. The molecule has 0 spiro atoms. The van der Waals surface area contributed by atoms with Crippen LogP contribution in [-0.4, -0.2) is 59.7 Å². The van der Waals surface area contributed by atoms with Gasteiger partial charge in [-0.05, 0) is 23.8 Å². The Hall–Kier alpha value is -3.76. The zero-order valence-corrected chi connectivity index (χ0v) is 21.8. The highest BCUT2D eigenvalue weighted by Crippen LogP contribution is 2.64. The normalized spacial score (nSPS) is 28.0. The van der Waals surface area contributed by atoms with Crippen molar-refractivity contribution in [2.24, 2.45) is 0 Å². The van der Waals surface area contributed by atoms with E-state index in [0.29, 0.717) is 17.0 Å². The van der Waals surface area contributed by atoms with Gasteiger partial charge in [0.1, 0.15) is 11.5 Å². The summed E-state index contributed by atoms with van der Waals surface area (Å²) >= 11 is 14.2. The van der Waals surface area contributed by atoms with Crippen LogP contribution in [0.4, 0.5) is 0 Å². The van der Waals surface area contributed by atoms with Crippen molar-refractivity contribution in [1.82, 2.24) is 18.8 Å². The monoisotopic (exact) mass is 556 g/mol. The SMILES string of the molecule is COc1ccc([C@H]2C3=CCn4c(=O)n(-c5ccccc5)c(=O)n4[C@@H]3C[C@@]3(Cl)C(=O)N(C)C(=O)[C@@]23Cl)c(O)c1. The lowest BCUT2D eigenvalue weighted by atomic mass is 9.64. The number of allylic oxidation sites excluding steroid dienone is 2. The van der Waals surface area contributed by atoms with Crippen LogP contribution >= 0.6 is 23.2 Å². The number of methoxy groups -OCH3 is 1. The summed E-state index contributed by atoms with van der Waals surface area (Å²) in [5.41, 5.74) is -0.0533. The molecule has 1 saturated carbocycles. The van der Waals surface area contributed by atoms with E-state index in [9.17, 15) is 24.3 Å². The van der Waals surface area contributed by atoms with Gasteiger partial charge in [-0.25, -0.2) is 23.5 Å². The van der Waals surface area contributed by atoms with Crippen molar-refractivity contribution < 1.29 is 19.4 Å². The summed E-state index contributed by atoms with van der Waals surface area (Å²) in [5, 5.41) is 11.0. The molecule has 3 heterocycles. The highest BCUT2D eigenvalue weighted by Gasteiger charge is 2.75. The van der Waals surface area contributed by atoms with Crippen molar-refractivity contribution in [3.8, 4) is 17.2 Å². The summed E-state index contributed by atoms with van der Waals surface area (Å²) in [6.45, 7) is 0.00733. The van der Waals surface area contributed by atoms with Gasteiger partial charge >= 0.3 is 11.4 Å². The number of carbonyl (C=O) groups excluding carboxylic acids is 2. The highest BCUT2D eigenvalue weighted by molar-refractivity contribution is 6.53. The molecule has 3 aromatic rings. The first-order valence-corrected chi connectivity index (χ1v) is 12.6. The molecular formula is C26H22Cl2N4O6. The maximum absolute atomic E-state index is 13.7. The third kappa shape index (κ3) is 2.90. The number of hydrogen-bond donors (Lipinski definition) is 1. The van der Waals surface area contributed by atoms with Gasteiger partial charge in [0.15, 0.2) is 9.75 Å². The molecule has 2 aliphatic heterocycles. The third-order valence-corrected chi connectivity index (χ3v) is 9.26. The number of phenols is 1. The molecule has 2 fully saturated rings. The number of ether oxygens (including phenoxy) is 1. The van der Waals surface area contributed by atoms with Crippen LogP contribution in [0.15, 0.2) is 69.8 Å². The Kier molecular flexibility index (Phi) is 5.25. The molecule has 38 heavy (non-hydrogen) atoms. The van der Waals surface area contributed by atoms with Gasteiger partial charge in [0.05, 0.1) is 25.4 Å². The minimum absolute atomic E-state index is 0.00733. The van der Waals surface area contributed by atoms with Gasteiger partial charge in [-0.2, -0.15) is 0 Å². The van der Waals surface area contributed by atoms with E-state index in [2.05, 4.69) is 0 Å². The zero-order chi connectivity index (χ0) is 27.1. The van der Waals surface area contributed by atoms with Gasteiger partial charge in [0.2, 0.25) is 0 Å². The van der Waals surface area contributed by atoms with Crippen LogP contribution in [0, 0.1) is 0 Å². The van der Waals surface area contributed by atoms with Crippen molar-refractivity contribution in [2.75, 3.05) is 14.2 Å². The molecule has 196 valence electrons. The Balaban J connectivity index is 1.62. The summed E-state index contributed by atoms with van der Waals surface area (Å²) in [6.07, 6.45) is 1.50. The van der Waals surface area contributed by atoms with Crippen LogP contribution in [0.5, 0.6) is 11.5 Å². The third-order valence-electron chi connectivity index (χ3n) is 7.84. The molecule has 6 rings (SSSR count). The van der Waals surface area contributed by atoms with Crippen molar-refractivity contribution in [3.63, 3.8) is 0 Å². The highest BCUT2D eigenvalue weighted by atomic mass is 35.5. The number of rotatable bonds is 3. The van der Waals surface area contributed by atoms with Gasteiger partial charge in [0, 0.05) is 31.0 Å². The Morgan fingerprint density at radius 3 is 2.37 bits per heavy atom. The maximum atomic E-state index is 13.7. The van der Waals surface area contributed by atoms with Crippen molar-refractivity contribution in [1.29, 1.82) is 0 Å². The van der Waals surface area contributed by atoms with Gasteiger partial charge < -0.3 is 9.84 Å². The molecule has 0 radical (unpaired) electrons. The van der Waals surface area contributed by atoms with Gasteiger partial charge in [-0.1, -0.05) is 30.3 Å². The number of alkyl halides is 2. The quantitative estimate of drug-likeness (QED) is 0.300. The van der Waals surface area contributed by atoms with Gasteiger partial charge in [0.25, 0.3) is 11.8 Å². The molecule has 1 aromatic heterocycles. The van der Waals surface area contributed by atoms with E-state index in [0.717, 1.165) is 9.47 Å². The second-order valence-electron chi connectivity index (χ2n) is 9.63. The number of aromatic nitrogens is 3. The van der Waals surface area contributed by atoms with Crippen LogP contribution < -0.4 is 16.1 Å².